The zero-order valence-corrected chi connectivity index (χ0v) is 8.82. The van der Waals surface area contributed by atoms with Gasteiger partial charge in [-0.2, -0.15) is 4.99 Å². The molecule has 0 spiro atoms. The van der Waals surface area contributed by atoms with Crippen molar-refractivity contribution in [3.05, 3.63) is 5.70 Å². The number of aliphatic imine (C=N–C) groups is 1. The second kappa shape index (κ2) is 9.34. The lowest BCUT2D eigenvalue weighted by Crippen LogP contribution is -1.82. The third-order valence-electron chi connectivity index (χ3n) is 1.82. The summed E-state index contributed by atoms with van der Waals surface area (Å²) in [6, 6.07) is 0. The van der Waals surface area contributed by atoms with Crippen LogP contribution in [0.25, 0.3) is 0 Å². The van der Waals surface area contributed by atoms with Crippen LogP contribution in [0.15, 0.2) is 10.7 Å². The summed E-state index contributed by atoms with van der Waals surface area (Å²) in [6.07, 6.45) is 8.19. The van der Waals surface area contributed by atoms with E-state index in [1.807, 2.05) is 0 Å². The van der Waals surface area contributed by atoms with Gasteiger partial charge >= 0.3 is 0 Å². The van der Waals surface area contributed by atoms with Crippen LogP contribution < -0.4 is 0 Å². The Morgan fingerprint density at radius 3 is 2.54 bits per heavy atom. The zero-order valence-electron chi connectivity index (χ0n) is 8.01. The van der Waals surface area contributed by atoms with Gasteiger partial charge in [-0.15, -0.1) is 0 Å². The van der Waals surface area contributed by atoms with Crippen LogP contribution in [0.4, 0.5) is 0 Å². The quantitative estimate of drug-likeness (QED) is 0.271. The van der Waals surface area contributed by atoms with Gasteiger partial charge in [-0.25, -0.2) is 4.79 Å². The number of carbonyl (C=O) groups excluding carboxylic acids is 1. The highest BCUT2D eigenvalue weighted by molar-refractivity contribution is 7.78. The molecule has 0 aromatic heterocycles. The highest BCUT2D eigenvalue weighted by Gasteiger charge is 1.94. The van der Waals surface area contributed by atoms with Gasteiger partial charge in [0.25, 0.3) is 0 Å². The Labute approximate surface area is 84.7 Å². The van der Waals surface area contributed by atoms with Crippen molar-refractivity contribution in [2.75, 3.05) is 0 Å². The molecule has 0 amide bonds. The third-order valence-corrected chi connectivity index (χ3v) is 2.05. The number of isocyanates is 1. The summed E-state index contributed by atoms with van der Waals surface area (Å²) in [6.45, 7) is 2.18. The second-order valence-electron chi connectivity index (χ2n) is 2.92. The van der Waals surface area contributed by atoms with Crippen LogP contribution in [0, 0.1) is 0 Å². The lowest BCUT2D eigenvalue weighted by molar-refractivity contribution is 0.563. The van der Waals surface area contributed by atoms with Crippen LogP contribution in [0.5, 0.6) is 0 Å². The Bertz CT molecular complexity index is 225. The van der Waals surface area contributed by atoms with E-state index in [1.54, 1.807) is 0 Å². The summed E-state index contributed by atoms with van der Waals surface area (Å²) in [5.74, 6) is 0. The topological polar surface area (TPSA) is 29.4 Å². The minimum atomic E-state index is 0.557. The number of hydrogen-bond acceptors (Lipinski definition) is 3. The molecule has 0 fully saturated rings. The summed E-state index contributed by atoms with van der Waals surface area (Å²) in [5.41, 5.74) is 0.557. The number of allylic oxidation sites excluding steroid dienone is 1. The van der Waals surface area contributed by atoms with E-state index in [0.717, 1.165) is 12.8 Å². The van der Waals surface area contributed by atoms with Gasteiger partial charge in [0.2, 0.25) is 6.08 Å². The number of rotatable bonds is 7. The lowest BCUT2D eigenvalue weighted by atomic mass is 10.1. The van der Waals surface area contributed by atoms with Gasteiger partial charge in [0.05, 0.1) is 0 Å². The van der Waals surface area contributed by atoms with E-state index in [4.69, 9.17) is 0 Å². The maximum Gasteiger partial charge on any atom is 0.240 e. The first-order chi connectivity index (χ1) is 6.35. The average Bonchev–Trinajstić information content (AvgIpc) is 2.16. The van der Waals surface area contributed by atoms with Gasteiger partial charge in [0.15, 0.2) is 0 Å². The molecular weight excluding hydrogens is 182 g/mol. The Morgan fingerprint density at radius 2 is 2.00 bits per heavy atom. The Balaban J connectivity index is 3.51. The molecule has 0 heterocycles. The second-order valence-corrected chi connectivity index (χ2v) is 3.12. The zero-order chi connectivity index (χ0) is 9.94. The normalized spacial score (nSPS) is 8.69. The van der Waals surface area contributed by atoms with Crippen LogP contribution in [-0.2, 0) is 4.79 Å². The van der Waals surface area contributed by atoms with E-state index < -0.39 is 0 Å². The summed E-state index contributed by atoms with van der Waals surface area (Å²) < 4.78 is 0. The van der Waals surface area contributed by atoms with Crippen LogP contribution in [-0.4, -0.2) is 11.1 Å². The molecule has 3 heteroatoms. The van der Waals surface area contributed by atoms with E-state index in [1.165, 1.54) is 31.8 Å². The third kappa shape index (κ3) is 7.61. The molecular formula is C10H15NOS. The van der Waals surface area contributed by atoms with E-state index in [9.17, 15) is 4.79 Å². The highest BCUT2D eigenvalue weighted by Crippen LogP contribution is 2.09. The van der Waals surface area contributed by atoms with E-state index >= 15 is 0 Å². The van der Waals surface area contributed by atoms with Crippen molar-refractivity contribution in [2.24, 2.45) is 4.99 Å². The summed E-state index contributed by atoms with van der Waals surface area (Å²) in [4.78, 5) is 13.4. The maximum atomic E-state index is 9.91. The van der Waals surface area contributed by atoms with Crippen molar-refractivity contribution in [1.82, 2.24) is 0 Å². The lowest BCUT2D eigenvalue weighted by Gasteiger charge is -1.97. The van der Waals surface area contributed by atoms with Crippen LogP contribution in [0.1, 0.15) is 45.4 Å². The minimum Gasteiger partial charge on any atom is -0.211 e. The first kappa shape index (κ1) is 12.2. The summed E-state index contributed by atoms with van der Waals surface area (Å²) >= 11 is 4.58. The number of thiocarbonyl (C=S) groups is 1. The molecule has 0 aromatic rings. The first-order valence-corrected chi connectivity index (χ1v) is 5.07. The molecule has 0 aliphatic carbocycles. The molecule has 13 heavy (non-hydrogen) atoms. The predicted octanol–water partition coefficient (Wildman–Crippen LogP) is 3.17. The number of hydrogen-bond donors (Lipinski definition) is 0. The maximum absolute atomic E-state index is 9.91. The first-order valence-electron chi connectivity index (χ1n) is 4.67. The fourth-order valence-electron chi connectivity index (χ4n) is 1.08. The molecule has 0 bridgehead atoms. The Hall–Kier alpha value is -0.750. The fraction of sp³-hybridized carbons (Fsp3) is 0.700. The molecule has 0 unspecified atom stereocenters. The number of unbranched alkanes of at least 4 members (excludes halogenated alkanes) is 4. The van der Waals surface area contributed by atoms with Crippen LogP contribution in [0.3, 0.4) is 0 Å². The molecule has 2 nitrogen and oxygen atoms in total. The van der Waals surface area contributed by atoms with E-state index in [-0.39, 0.29) is 0 Å². The molecule has 0 N–H and O–H groups in total. The van der Waals surface area contributed by atoms with Crippen molar-refractivity contribution < 1.29 is 4.79 Å². The van der Waals surface area contributed by atoms with Gasteiger partial charge in [0.1, 0.15) is 5.70 Å². The van der Waals surface area contributed by atoms with Crippen molar-refractivity contribution in [2.45, 2.75) is 45.4 Å². The number of nitrogens with zero attached hydrogens (tertiary/aromatic N) is 1. The van der Waals surface area contributed by atoms with Crippen molar-refractivity contribution in [3.63, 3.8) is 0 Å². The van der Waals surface area contributed by atoms with Crippen molar-refractivity contribution in [1.29, 1.82) is 0 Å². The van der Waals surface area contributed by atoms with Crippen molar-refractivity contribution in [3.8, 4) is 0 Å². The van der Waals surface area contributed by atoms with Crippen LogP contribution >= 0.6 is 12.2 Å². The molecule has 0 rings (SSSR count). The van der Waals surface area contributed by atoms with Gasteiger partial charge < -0.3 is 0 Å². The highest BCUT2D eigenvalue weighted by atomic mass is 32.1. The summed E-state index contributed by atoms with van der Waals surface area (Å²) in [7, 11) is 0. The predicted molar refractivity (Wildman–Crippen MR) is 57.6 cm³/mol. The van der Waals surface area contributed by atoms with E-state index in [2.05, 4.69) is 29.2 Å². The van der Waals surface area contributed by atoms with Gasteiger partial charge in [0, 0.05) is 0 Å². The molecule has 0 aliphatic rings. The SMILES string of the molecule is CCCCCCCC(=C=S)N=C=O. The van der Waals surface area contributed by atoms with Gasteiger partial charge in [-0.05, 0) is 30.1 Å². The smallest absolute Gasteiger partial charge is 0.211 e. The monoisotopic (exact) mass is 197 g/mol. The van der Waals surface area contributed by atoms with E-state index in [0.29, 0.717) is 5.70 Å². The standard InChI is InChI=1S/C10H15NOS/c1-2-3-4-5-6-7-10(8-13)11-9-12/h2-7H2,1H3. The largest absolute Gasteiger partial charge is 0.240 e. The molecule has 0 aliphatic heterocycles. The van der Waals surface area contributed by atoms with Gasteiger partial charge in [-0.3, -0.25) is 0 Å². The fourth-order valence-corrected chi connectivity index (χ4v) is 1.23. The minimum absolute atomic E-state index is 0.557. The van der Waals surface area contributed by atoms with Crippen molar-refractivity contribution >= 4 is 23.3 Å². The molecule has 0 saturated heterocycles. The Morgan fingerprint density at radius 1 is 1.31 bits per heavy atom. The van der Waals surface area contributed by atoms with Gasteiger partial charge in [-0.1, -0.05) is 32.6 Å². The molecule has 0 aromatic carbocycles. The average molecular weight is 197 g/mol. The Kier molecular flexibility index (Phi) is 8.80. The molecule has 0 atom stereocenters. The molecule has 0 saturated carbocycles. The molecule has 0 radical (unpaired) electrons. The van der Waals surface area contributed by atoms with Crippen LogP contribution in [0.2, 0.25) is 0 Å². The summed E-state index contributed by atoms with van der Waals surface area (Å²) in [5, 5.41) is 2.46. The molecule has 72 valence electrons.